The number of hydrogen-bond acceptors (Lipinski definition) is 4. The molecule has 19 heavy (non-hydrogen) atoms. The summed E-state index contributed by atoms with van der Waals surface area (Å²) in [4.78, 5) is 0. The van der Waals surface area contributed by atoms with Crippen LogP contribution in [0.15, 0.2) is 34.9 Å². The predicted molar refractivity (Wildman–Crippen MR) is 69.7 cm³/mol. The van der Waals surface area contributed by atoms with Crippen molar-refractivity contribution in [2.24, 2.45) is 0 Å². The molecule has 2 aliphatic heterocycles. The standard InChI is InChI=1S/C15H15NO3/c1-2-12(17-5-1)15-11-9-14-13(18-6-7-19-14)8-10(11)3-4-16-15/h1-2,5,8-9,15-16H,3-4,6-7H2. The summed E-state index contributed by atoms with van der Waals surface area (Å²) in [6.07, 6.45) is 2.71. The summed E-state index contributed by atoms with van der Waals surface area (Å²) in [5, 5.41) is 3.49. The van der Waals surface area contributed by atoms with Crippen molar-refractivity contribution in [3.63, 3.8) is 0 Å². The minimum Gasteiger partial charge on any atom is -0.486 e. The molecule has 0 radical (unpaired) electrons. The second-order valence-corrected chi connectivity index (χ2v) is 4.85. The smallest absolute Gasteiger partial charge is 0.161 e. The molecule has 4 rings (SSSR count). The van der Waals surface area contributed by atoms with Crippen LogP contribution >= 0.6 is 0 Å². The fraction of sp³-hybridized carbons (Fsp3) is 0.333. The Morgan fingerprint density at radius 3 is 2.74 bits per heavy atom. The van der Waals surface area contributed by atoms with Gasteiger partial charge in [0.05, 0.1) is 12.3 Å². The summed E-state index contributed by atoms with van der Waals surface area (Å²) >= 11 is 0. The zero-order valence-electron chi connectivity index (χ0n) is 10.5. The zero-order chi connectivity index (χ0) is 12.7. The van der Waals surface area contributed by atoms with E-state index in [-0.39, 0.29) is 6.04 Å². The molecule has 3 heterocycles. The number of ether oxygens (including phenoxy) is 2. The van der Waals surface area contributed by atoms with E-state index in [9.17, 15) is 0 Å². The first-order valence-corrected chi connectivity index (χ1v) is 6.61. The lowest BCUT2D eigenvalue weighted by molar-refractivity contribution is 0.171. The maximum absolute atomic E-state index is 5.67. The minimum absolute atomic E-state index is 0.106. The van der Waals surface area contributed by atoms with Crippen molar-refractivity contribution in [3.05, 3.63) is 47.4 Å². The molecule has 4 heteroatoms. The van der Waals surface area contributed by atoms with Crippen LogP contribution in [0.1, 0.15) is 22.9 Å². The highest BCUT2D eigenvalue weighted by Gasteiger charge is 2.26. The highest BCUT2D eigenvalue weighted by molar-refractivity contribution is 5.51. The minimum atomic E-state index is 0.106. The normalized spacial score (nSPS) is 20.9. The first-order chi connectivity index (χ1) is 9.42. The molecule has 1 N–H and O–H groups in total. The van der Waals surface area contributed by atoms with Gasteiger partial charge in [-0.2, -0.15) is 0 Å². The zero-order valence-corrected chi connectivity index (χ0v) is 10.5. The number of nitrogens with one attached hydrogen (secondary N) is 1. The van der Waals surface area contributed by atoms with Gasteiger partial charge in [-0.05, 0) is 41.8 Å². The molecule has 0 bridgehead atoms. The van der Waals surface area contributed by atoms with Crippen molar-refractivity contribution in [3.8, 4) is 11.5 Å². The molecule has 1 unspecified atom stereocenters. The van der Waals surface area contributed by atoms with E-state index < -0.39 is 0 Å². The highest BCUT2D eigenvalue weighted by Crippen LogP contribution is 2.38. The Kier molecular flexibility index (Phi) is 2.48. The van der Waals surface area contributed by atoms with E-state index in [1.54, 1.807) is 6.26 Å². The Morgan fingerprint density at radius 2 is 1.95 bits per heavy atom. The van der Waals surface area contributed by atoms with Crippen molar-refractivity contribution >= 4 is 0 Å². The lowest BCUT2D eigenvalue weighted by atomic mass is 9.92. The van der Waals surface area contributed by atoms with Crippen LogP contribution in [0.25, 0.3) is 0 Å². The lowest BCUT2D eigenvalue weighted by Gasteiger charge is -2.28. The van der Waals surface area contributed by atoms with Crippen LogP contribution in [0.2, 0.25) is 0 Å². The molecular formula is C15H15NO3. The number of fused-ring (bicyclic) bond motifs is 2. The molecule has 2 aliphatic rings. The summed E-state index contributed by atoms with van der Waals surface area (Å²) in [6, 6.07) is 8.23. The van der Waals surface area contributed by atoms with Crippen LogP contribution in [-0.4, -0.2) is 19.8 Å². The molecule has 0 fully saturated rings. The fourth-order valence-corrected chi connectivity index (χ4v) is 2.80. The Balaban J connectivity index is 1.81. The van der Waals surface area contributed by atoms with E-state index in [0.717, 1.165) is 30.2 Å². The van der Waals surface area contributed by atoms with Crippen LogP contribution in [-0.2, 0) is 6.42 Å². The monoisotopic (exact) mass is 257 g/mol. The van der Waals surface area contributed by atoms with Gasteiger partial charge < -0.3 is 19.2 Å². The summed E-state index contributed by atoms with van der Waals surface area (Å²) in [5.74, 6) is 2.65. The van der Waals surface area contributed by atoms with Gasteiger partial charge in [-0.15, -0.1) is 0 Å². The van der Waals surface area contributed by atoms with Crippen LogP contribution < -0.4 is 14.8 Å². The van der Waals surface area contributed by atoms with Gasteiger partial charge in [0.15, 0.2) is 11.5 Å². The second-order valence-electron chi connectivity index (χ2n) is 4.85. The molecule has 1 aromatic heterocycles. The molecule has 4 nitrogen and oxygen atoms in total. The van der Waals surface area contributed by atoms with Gasteiger partial charge in [-0.1, -0.05) is 0 Å². The SMILES string of the molecule is c1coc(C2NCCc3cc4c(cc32)OCCO4)c1. The van der Waals surface area contributed by atoms with E-state index >= 15 is 0 Å². The summed E-state index contributed by atoms with van der Waals surface area (Å²) < 4.78 is 16.9. The van der Waals surface area contributed by atoms with E-state index in [2.05, 4.69) is 17.4 Å². The van der Waals surface area contributed by atoms with Crippen LogP contribution in [0, 0.1) is 0 Å². The maximum Gasteiger partial charge on any atom is 0.161 e. The van der Waals surface area contributed by atoms with E-state index in [1.807, 2.05) is 12.1 Å². The van der Waals surface area contributed by atoms with E-state index in [1.165, 1.54) is 11.1 Å². The van der Waals surface area contributed by atoms with Gasteiger partial charge in [-0.25, -0.2) is 0 Å². The van der Waals surface area contributed by atoms with Gasteiger partial charge in [0.25, 0.3) is 0 Å². The summed E-state index contributed by atoms with van der Waals surface area (Å²) in [6.45, 7) is 2.19. The molecule has 0 saturated heterocycles. The topological polar surface area (TPSA) is 43.6 Å². The van der Waals surface area contributed by atoms with Crippen molar-refractivity contribution in [1.82, 2.24) is 5.32 Å². The van der Waals surface area contributed by atoms with Crippen LogP contribution in [0.3, 0.4) is 0 Å². The Hall–Kier alpha value is -1.94. The van der Waals surface area contributed by atoms with E-state index in [4.69, 9.17) is 13.9 Å². The molecule has 0 spiro atoms. The molecule has 0 aliphatic carbocycles. The number of furan rings is 1. The van der Waals surface area contributed by atoms with Gasteiger partial charge in [0, 0.05) is 6.54 Å². The Morgan fingerprint density at radius 1 is 1.11 bits per heavy atom. The predicted octanol–water partition coefficient (Wildman–Crippen LogP) is 2.29. The summed E-state index contributed by atoms with van der Waals surface area (Å²) in [5.41, 5.74) is 2.54. The summed E-state index contributed by atoms with van der Waals surface area (Å²) in [7, 11) is 0. The third kappa shape index (κ3) is 1.79. The molecule has 98 valence electrons. The number of benzene rings is 1. The highest BCUT2D eigenvalue weighted by atomic mass is 16.6. The van der Waals surface area contributed by atoms with Crippen LogP contribution in [0.5, 0.6) is 11.5 Å². The van der Waals surface area contributed by atoms with E-state index in [0.29, 0.717) is 13.2 Å². The Bertz CT molecular complexity index is 592. The first-order valence-electron chi connectivity index (χ1n) is 6.61. The fourth-order valence-electron chi connectivity index (χ4n) is 2.80. The maximum atomic E-state index is 5.67. The average Bonchev–Trinajstić information content (AvgIpc) is 2.98. The molecule has 0 saturated carbocycles. The molecular weight excluding hydrogens is 242 g/mol. The number of rotatable bonds is 1. The number of hydrogen-bond donors (Lipinski definition) is 1. The van der Waals surface area contributed by atoms with Gasteiger partial charge >= 0.3 is 0 Å². The lowest BCUT2D eigenvalue weighted by Crippen LogP contribution is -2.30. The van der Waals surface area contributed by atoms with Gasteiger partial charge in [0.2, 0.25) is 0 Å². The van der Waals surface area contributed by atoms with Crippen molar-refractivity contribution in [2.45, 2.75) is 12.5 Å². The molecule has 1 atom stereocenters. The second kappa shape index (κ2) is 4.31. The molecule has 1 aromatic carbocycles. The van der Waals surface area contributed by atoms with Crippen LogP contribution in [0.4, 0.5) is 0 Å². The van der Waals surface area contributed by atoms with Crippen molar-refractivity contribution in [1.29, 1.82) is 0 Å². The van der Waals surface area contributed by atoms with Crippen molar-refractivity contribution < 1.29 is 13.9 Å². The third-order valence-corrected chi connectivity index (χ3v) is 3.69. The quantitative estimate of drug-likeness (QED) is 0.851. The third-order valence-electron chi connectivity index (χ3n) is 3.69. The molecule has 0 amide bonds. The van der Waals surface area contributed by atoms with Crippen molar-refractivity contribution in [2.75, 3.05) is 19.8 Å². The van der Waals surface area contributed by atoms with Gasteiger partial charge in [0.1, 0.15) is 19.0 Å². The first kappa shape index (κ1) is 10.9. The van der Waals surface area contributed by atoms with Gasteiger partial charge in [-0.3, -0.25) is 0 Å². The largest absolute Gasteiger partial charge is 0.486 e. The average molecular weight is 257 g/mol. The molecule has 2 aromatic rings. The Labute approximate surface area is 111 Å².